The number of aryl methyl sites for hydroxylation is 1. The number of alkyl carbamates (subject to hydrolysis) is 1. The number of ether oxygens (including phenoxy) is 1. The van der Waals surface area contributed by atoms with Gasteiger partial charge >= 0.3 is 6.09 Å². The summed E-state index contributed by atoms with van der Waals surface area (Å²) in [6.45, 7) is 13.6. The van der Waals surface area contributed by atoms with Gasteiger partial charge in [-0.2, -0.15) is 0 Å². The number of benzene rings is 1. The standard InChI is InChI=1S/C24H38N4O3/c1-18-7-6-8-20(15-18)27-11-13-28(14-12-27)21(29)16-26-24(5,19-9-10-19)17-25-22(30)31-23(2,3)4/h6-8,15,19,26H,9-14,16-17H2,1-5H3,(H,25,30)/t24-/m0/s1. The third kappa shape index (κ3) is 6.86. The van der Waals surface area contributed by atoms with Crippen molar-refractivity contribution in [2.75, 3.05) is 44.2 Å². The first kappa shape index (κ1) is 23.4. The second-order valence-electron chi connectivity index (χ2n) is 10.1. The molecule has 1 atom stereocenters. The third-order valence-electron chi connectivity index (χ3n) is 6.12. The number of carbonyl (C=O) groups is 2. The number of anilines is 1. The van der Waals surface area contributed by atoms with E-state index in [0.717, 1.165) is 39.0 Å². The lowest BCUT2D eigenvalue weighted by molar-refractivity contribution is -0.130. The Morgan fingerprint density at radius 3 is 2.35 bits per heavy atom. The molecule has 7 nitrogen and oxygen atoms in total. The van der Waals surface area contributed by atoms with Crippen molar-refractivity contribution in [3.8, 4) is 0 Å². The molecule has 2 aliphatic rings. The molecule has 31 heavy (non-hydrogen) atoms. The van der Waals surface area contributed by atoms with Crippen LogP contribution < -0.4 is 15.5 Å². The summed E-state index contributed by atoms with van der Waals surface area (Å²) in [5.41, 5.74) is 1.64. The van der Waals surface area contributed by atoms with Gasteiger partial charge in [0.1, 0.15) is 5.60 Å². The predicted octanol–water partition coefficient (Wildman–Crippen LogP) is 2.93. The van der Waals surface area contributed by atoms with Crippen molar-refractivity contribution in [2.24, 2.45) is 5.92 Å². The number of rotatable bonds is 7. The van der Waals surface area contributed by atoms with Crippen molar-refractivity contribution < 1.29 is 14.3 Å². The molecule has 0 aromatic heterocycles. The number of amides is 2. The van der Waals surface area contributed by atoms with E-state index in [9.17, 15) is 9.59 Å². The highest BCUT2D eigenvalue weighted by atomic mass is 16.6. The Labute approximate surface area is 186 Å². The second kappa shape index (κ2) is 9.47. The van der Waals surface area contributed by atoms with Gasteiger partial charge in [-0.3, -0.25) is 4.79 Å². The lowest BCUT2D eigenvalue weighted by Crippen LogP contribution is -2.57. The Morgan fingerprint density at radius 2 is 1.77 bits per heavy atom. The number of carbonyl (C=O) groups excluding carboxylic acids is 2. The van der Waals surface area contributed by atoms with E-state index >= 15 is 0 Å². The highest BCUT2D eigenvalue weighted by molar-refractivity contribution is 5.78. The predicted molar refractivity (Wildman–Crippen MR) is 123 cm³/mol. The molecule has 1 aliphatic carbocycles. The molecule has 1 aromatic carbocycles. The van der Waals surface area contributed by atoms with Gasteiger partial charge in [-0.25, -0.2) is 4.79 Å². The first-order valence-electron chi connectivity index (χ1n) is 11.4. The van der Waals surface area contributed by atoms with Gasteiger partial charge in [0.15, 0.2) is 0 Å². The second-order valence-corrected chi connectivity index (χ2v) is 10.1. The quantitative estimate of drug-likeness (QED) is 0.696. The number of nitrogens with zero attached hydrogens (tertiary/aromatic N) is 2. The van der Waals surface area contributed by atoms with E-state index < -0.39 is 11.7 Å². The average Bonchev–Trinajstić information content (AvgIpc) is 3.55. The van der Waals surface area contributed by atoms with Crippen molar-refractivity contribution in [3.05, 3.63) is 29.8 Å². The van der Waals surface area contributed by atoms with E-state index in [0.29, 0.717) is 12.5 Å². The summed E-state index contributed by atoms with van der Waals surface area (Å²) in [5, 5.41) is 6.33. The first-order valence-corrected chi connectivity index (χ1v) is 11.4. The Bertz CT molecular complexity index is 779. The highest BCUT2D eigenvalue weighted by Gasteiger charge is 2.42. The Morgan fingerprint density at radius 1 is 1.10 bits per heavy atom. The molecule has 172 valence electrons. The van der Waals surface area contributed by atoms with Crippen LogP contribution in [0.4, 0.5) is 10.5 Å². The van der Waals surface area contributed by atoms with Gasteiger partial charge in [0, 0.05) is 44.0 Å². The van der Waals surface area contributed by atoms with E-state index in [4.69, 9.17) is 4.74 Å². The molecule has 1 aliphatic heterocycles. The van der Waals surface area contributed by atoms with E-state index in [1.54, 1.807) is 0 Å². The monoisotopic (exact) mass is 430 g/mol. The Kier molecular flexibility index (Phi) is 7.14. The minimum atomic E-state index is -0.524. The van der Waals surface area contributed by atoms with Crippen LogP contribution in [0.25, 0.3) is 0 Å². The molecular formula is C24H38N4O3. The molecule has 0 bridgehead atoms. The summed E-state index contributed by atoms with van der Waals surface area (Å²) in [6, 6.07) is 8.50. The van der Waals surface area contributed by atoms with Crippen LogP contribution >= 0.6 is 0 Å². The van der Waals surface area contributed by atoms with Crippen LogP contribution in [0, 0.1) is 12.8 Å². The lowest BCUT2D eigenvalue weighted by atomic mass is 9.95. The Balaban J connectivity index is 1.46. The maximum Gasteiger partial charge on any atom is 0.407 e. The minimum Gasteiger partial charge on any atom is -0.444 e. The summed E-state index contributed by atoms with van der Waals surface area (Å²) in [6.07, 6.45) is 1.81. The molecule has 1 saturated heterocycles. The molecule has 1 aromatic rings. The number of piperazine rings is 1. The van der Waals surface area contributed by atoms with Crippen LogP contribution in [0.3, 0.4) is 0 Å². The summed E-state index contributed by atoms with van der Waals surface area (Å²) in [4.78, 5) is 29.2. The zero-order valence-electron chi connectivity index (χ0n) is 19.7. The summed E-state index contributed by atoms with van der Waals surface area (Å²) < 4.78 is 5.35. The maximum absolute atomic E-state index is 12.8. The largest absolute Gasteiger partial charge is 0.444 e. The van der Waals surface area contributed by atoms with Gasteiger partial charge in [-0.15, -0.1) is 0 Å². The smallest absolute Gasteiger partial charge is 0.407 e. The van der Waals surface area contributed by atoms with Gasteiger partial charge in [0.25, 0.3) is 0 Å². The van der Waals surface area contributed by atoms with Crippen LogP contribution in [0.5, 0.6) is 0 Å². The lowest BCUT2D eigenvalue weighted by Gasteiger charge is -2.37. The molecule has 0 unspecified atom stereocenters. The molecule has 0 spiro atoms. The number of hydrogen-bond acceptors (Lipinski definition) is 5. The van der Waals surface area contributed by atoms with Crippen LogP contribution in [-0.4, -0.2) is 67.3 Å². The van der Waals surface area contributed by atoms with E-state index in [1.807, 2.05) is 25.7 Å². The Hall–Kier alpha value is -2.28. The topological polar surface area (TPSA) is 73.9 Å². The summed E-state index contributed by atoms with van der Waals surface area (Å²) in [5.74, 6) is 0.585. The molecule has 7 heteroatoms. The van der Waals surface area contributed by atoms with Crippen LogP contribution in [-0.2, 0) is 9.53 Å². The van der Waals surface area contributed by atoms with Crippen LogP contribution in [0.2, 0.25) is 0 Å². The van der Waals surface area contributed by atoms with Crippen molar-refractivity contribution in [1.82, 2.24) is 15.5 Å². The fraction of sp³-hybridized carbons (Fsp3) is 0.667. The van der Waals surface area contributed by atoms with Crippen molar-refractivity contribution in [2.45, 2.75) is 58.6 Å². The van der Waals surface area contributed by atoms with Gasteiger partial charge in [0.2, 0.25) is 5.91 Å². The number of hydrogen-bond donors (Lipinski definition) is 2. The SMILES string of the molecule is Cc1cccc(N2CCN(C(=O)CN[C@@](C)(CNC(=O)OC(C)(C)C)C3CC3)CC2)c1. The van der Waals surface area contributed by atoms with Gasteiger partial charge in [0.05, 0.1) is 6.54 Å². The van der Waals surface area contributed by atoms with E-state index in [-0.39, 0.29) is 18.0 Å². The zero-order valence-corrected chi connectivity index (χ0v) is 19.7. The third-order valence-corrected chi connectivity index (χ3v) is 6.12. The van der Waals surface area contributed by atoms with Crippen LogP contribution in [0.1, 0.15) is 46.1 Å². The van der Waals surface area contributed by atoms with Crippen molar-refractivity contribution in [3.63, 3.8) is 0 Å². The maximum atomic E-state index is 12.8. The minimum absolute atomic E-state index is 0.119. The molecule has 1 heterocycles. The highest BCUT2D eigenvalue weighted by Crippen LogP contribution is 2.39. The molecule has 2 fully saturated rings. The average molecular weight is 431 g/mol. The first-order chi connectivity index (χ1) is 14.6. The molecule has 2 amide bonds. The zero-order chi connectivity index (χ0) is 22.6. The van der Waals surface area contributed by atoms with Gasteiger partial charge in [-0.05, 0) is 71.1 Å². The summed E-state index contributed by atoms with van der Waals surface area (Å²) in [7, 11) is 0. The van der Waals surface area contributed by atoms with Gasteiger partial charge in [-0.1, -0.05) is 12.1 Å². The molecule has 3 rings (SSSR count). The fourth-order valence-corrected chi connectivity index (χ4v) is 4.07. The molecule has 2 N–H and O–H groups in total. The fourth-order valence-electron chi connectivity index (χ4n) is 4.07. The number of nitrogens with one attached hydrogen (secondary N) is 2. The normalized spacial score (nSPS) is 19.0. The summed E-state index contributed by atoms with van der Waals surface area (Å²) >= 11 is 0. The molecular weight excluding hydrogens is 392 g/mol. The van der Waals surface area contributed by atoms with Gasteiger partial charge < -0.3 is 25.2 Å². The molecule has 1 saturated carbocycles. The van der Waals surface area contributed by atoms with E-state index in [1.165, 1.54) is 11.3 Å². The van der Waals surface area contributed by atoms with Crippen LogP contribution in [0.15, 0.2) is 24.3 Å². The van der Waals surface area contributed by atoms with Crippen molar-refractivity contribution in [1.29, 1.82) is 0 Å². The molecule has 0 radical (unpaired) electrons. The van der Waals surface area contributed by atoms with E-state index in [2.05, 4.69) is 53.6 Å². The van der Waals surface area contributed by atoms with Crippen molar-refractivity contribution >= 4 is 17.7 Å².